The van der Waals surface area contributed by atoms with Gasteiger partial charge in [-0.25, -0.2) is 9.07 Å². The van der Waals surface area contributed by atoms with Crippen molar-refractivity contribution in [3.8, 4) is 5.75 Å². The van der Waals surface area contributed by atoms with Gasteiger partial charge in [-0.05, 0) is 30.3 Å². The molecule has 0 aliphatic heterocycles. The molecule has 2 aromatic heterocycles. The molecular formula is C21H15BrCl2FN5O2. The molecule has 0 radical (unpaired) electrons. The van der Waals surface area contributed by atoms with E-state index in [0.29, 0.717) is 16.3 Å². The van der Waals surface area contributed by atoms with Crippen molar-refractivity contribution < 1.29 is 13.9 Å². The molecule has 0 saturated heterocycles. The first-order chi connectivity index (χ1) is 15.4. The van der Waals surface area contributed by atoms with E-state index in [1.54, 1.807) is 42.6 Å². The number of amides is 1. The summed E-state index contributed by atoms with van der Waals surface area (Å²) in [5.41, 5.74) is 0.601. The topological polar surface area (TPSA) is 74.0 Å². The molecule has 0 atom stereocenters. The van der Waals surface area contributed by atoms with Gasteiger partial charge in [0.1, 0.15) is 16.6 Å². The van der Waals surface area contributed by atoms with Crippen molar-refractivity contribution in [3.63, 3.8) is 0 Å². The maximum atomic E-state index is 13.9. The summed E-state index contributed by atoms with van der Waals surface area (Å²) in [6.07, 6.45) is 3.11. The summed E-state index contributed by atoms with van der Waals surface area (Å²) >= 11 is 15.6. The van der Waals surface area contributed by atoms with E-state index < -0.39 is 5.91 Å². The van der Waals surface area contributed by atoms with Crippen LogP contribution in [0.4, 0.5) is 10.2 Å². The average Bonchev–Trinajstić information content (AvgIpc) is 3.36. The Kier molecular flexibility index (Phi) is 6.78. The van der Waals surface area contributed by atoms with E-state index in [1.807, 2.05) is 0 Å². The number of carbonyl (C=O) groups excluding carboxylic acids is 1. The van der Waals surface area contributed by atoms with Crippen LogP contribution < -0.4 is 10.1 Å². The minimum Gasteiger partial charge on any atom is -0.470 e. The largest absolute Gasteiger partial charge is 0.470 e. The standard InChI is InChI=1S/C21H15BrCl2FN5O2/c22-14-5-6-19(15(23)9-14)32-12-29-8-7-18(27-29)21(31)26-20-16(24)11-30(28-20)10-13-3-1-2-4-17(13)25/h1-9,11H,10,12H2,(H,26,28,31). The normalized spacial score (nSPS) is 10.9. The molecule has 0 aliphatic carbocycles. The van der Waals surface area contributed by atoms with Crippen molar-refractivity contribution in [2.45, 2.75) is 13.3 Å². The third-order valence-electron chi connectivity index (χ3n) is 4.36. The molecule has 32 heavy (non-hydrogen) atoms. The summed E-state index contributed by atoms with van der Waals surface area (Å²) < 4.78 is 23.2. The zero-order valence-electron chi connectivity index (χ0n) is 16.3. The Morgan fingerprint density at radius 2 is 1.91 bits per heavy atom. The van der Waals surface area contributed by atoms with Gasteiger partial charge in [-0.2, -0.15) is 10.2 Å². The van der Waals surface area contributed by atoms with Crippen LogP contribution in [0.25, 0.3) is 0 Å². The monoisotopic (exact) mass is 537 g/mol. The highest BCUT2D eigenvalue weighted by atomic mass is 79.9. The molecule has 7 nitrogen and oxygen atoms in total. The van der Waals surface area contributed by atoms with Crippen molar-refractivity contribution in [1.29, 1.82) is 0 Å². The van der Waals surface area contributed by atoms with E-state index in [0.717, 1.165) is 4.47 Å². The smallest absolute Gasteiger partial charge is 0.277 e. The van der Waals surface area contributed by atoms with E-state index in [4.69, 9.17) is 27.9 Å². The highest BCUT2D eigenvalue weighted by molar-refractivity contribution is 9.10. The molecule has 164 valence electrons. The van der Waals surface area contributed by atoms with Gasteiger partial charge >= 0.3 is 0 Å². The second kappa shape index (κ2) is 9.72. The lowest BCUT2D eigenvalue weighted by molar-refractivity contribution is 0.101. The van der Waals surface area contributed by atoms with Gasteiger partial charge in [-0.1, -0.05) is 57.3 Å². The Labute approximate surface area is 200 Å². The van der Waals surface area contributed by atoms with Crippen LogP contribution in [0.15, 0.2) is 65.4 Å². The van der Waals surface area contributed by atoms with Gasteiger partial charge in [0, 0.05) is 22.4 Å². The quantitative estimate of drug-likeness (QED) is 0.331. The van der Waals surface area contributed by atoms with E-state index in [9.17, 15) is 9.18 Å². The maximum Gasteiger partial charge on any atom is 0.277 e. The number of rotatable bonds is 7. The molecular weight excluding hydrogens is 524 g/mol. The fourth-order valence-electron chi connectivity index (χ4n) is 2.82. The molecule has 4 aromatic rings. The predicted octanol–water partition coefficient (Wildman–Crippen LogP) is 5.63. The number of carbonyl (C=O) groups is 1. The van der Waals surface area contributed by atoms with Crippen molar-refractivity contribution in [1.82, 2.24) is 19.6 Å². The molecule has 2 heterocycles. The van der Waals surface area contributed by atoms with E-state index in [-0.39, 0.29) is 35.6 Å². The number of nitrogens with zero attached hydrogens (tertiary/aromatic N) is 4. The van der Waals surface area contributed by atoms with Gasteiger partial charge < -0.3 is 10.1 Å². The number of ether oxygens (including phenoxy) is 1. The summed E-state index contributed by atoms with van der Waals surface area (Å²) in [6, 6.07) is 13.1. The third kappa shape index (κ3) is 5.29. The zero-order valence-corrected chi connectivity index (χ0v) is 19.4. The fourth-order valence-corrected chi connectivity index (χ4v) is 3.74. The molecule has 0 fully saturated rings. The SMILES string of the molecule is O=C(Nc1nn(Cc2ccccc2F)cc1Cl)c1ccn(COc2ccc(Br)cc2Cl)n1. The minimum absolute atomic E-state index is 0.0622. The van der Waals surface area contributed by atoms with Crippen LogP contribution in [0.1, 0.15) is 16.1 Å². The minimum atomic E-state index is -0.497. The maximum absolute atomic E-state index is 13.9. The lowest BCUT2D eigenvalue weighted by Gasteiger charge is -2.08. The summed E-state index contributed by atoms with van der Waals surface area (Å²) in [7, 11) is 0. The van der Waals surface area contributed by atoms with Gasteiger partial charge in [0.15, 0.2) is 18.2 Å². The summed E-state index contributed by atoms with van der Waals surface area (Å²) in [6.45, 7) is 0.236. The molecule has 11 heteroatoms. The highest BCUT2D eigenvalue weighted by Crippen LogP contribution is 2.28. The van der Waals surface area contributed by atoms with Crippen molar-refractivity contribution in [2.24, 2.45) is 0 Å². The number of hydrogen-bond donors (Lipinski definition) is 1. The Morgan fingerprint density at radius 1 is 1.09 bits per heavy atom. The van der Waals surface area contributed by atoms with Gasteiger partial charge in [0.2, 0.25) is 0 Å². The lowest BCUT2D eigenvalue weighted by Crippen LogP contribution is -2.15. The first-order valence-electron chi connectivity index (χ1n) is 9.28. The Balaban J connectivity index is 1.39. The molecule has 0 spiro atoms. The number of halogens is 4. The number of benzene rings is 2. The van der Waals surface area contributed by atoms with E-state index in [1.165, 1.54) is 27.7 Å². The number of nitrogens with one attached hydrogen (secondary N) is 1. The molecule has 0 saturated carbocycles. The number of aromatic nitrogens is 4. The first-order valence-corrected chi connectivity index (χ1v) is 10.8. The Morgan fingerprint density at radius 3 is 2.69 bits per heavy atom. The van der Waals surface area contributed by atoms with Crippen molar-refractivity contribution in [2.75, 3.05) is 5.32 Å². The van der Waals surface area contributed by atoms with Crippen LogP contribution in [0.2, 0.25) is 10.0 Å². The van der Waals surface area contributed by atoms with Crippen LogP contribution in [-0.4, -0.2) is 25.5 Å². The van der Waals surface area contributed by atoms with Crippen molar-refractivity contribution in [3.05, 3.63) is 92.5 Å². The molecule has 1 N–H and O–H groups in total. The van der Waals surface area contributed by atoms with Gasteiger partial charge in [-0.15, -0.1) is 0 Å². The molecule has 0 unspecified atom stereocenters. The van der Waals surface area contributed by atoms with Crippen LogP contribution >= 0.6 is 39.1 Å². The second-order valence-electron chi connectivity index (χ2n) is 6.66. The predicted molar refractivity (Wildman–Crippen MR) is 123 cm³/mol. The van der Waals surface area contributed by atoms with Crippen molar-refractivity contribution >= 4 is 50.9 Å². The van der Waals surface area contributed by atoms with E-state index >= 15 is 0 Å². The van der Waals surface area contributed by atoms with Crippen LogP contribution in [0, 0.1) is 5.82 Å². The fraction of sp³-hybridized carbons (Fsp3) is 0.0952. The number of hydrogen-bond acceptors (Lipinski definition) is 4. The zero-order chi connectivity index (χ0) is 22.7. The average molecular weight is 539 g/mol. The van der Waals surface area contributed by atoms with Crippen LogP contribution in [0.5, 0.6) is 5.75 Å². The van der Waals surface area contributed by atoms with Gasteiger partial charge in [-0.3, -0.25) is 9.48 Å². The second-order valence-corrected chi connectivity index (χ2v) is 8.39. The summed E-state index contributed by atoms with van der Waals surface area (Å²) in [4.78, 5) is 12.5. The van der Waals surface area contributed by atoms with Gasteiger partial charge in [0.25, 0.3) is 5.91 Å². The Hall–Kier alpha value is -2.88. The van der Waals surface area contributed by atoms with Gasteiger partial charge in [0.05, 0.1) is 11.6 Å². The van der Waals surface area contributed by atoms with E-state index in [2.05, 4.69) is 31.4 Å². The lowest BCUT2D eigenvalue weighted by atomic mass is 10.2. The number of anilines is 1. The molecule has 0 aliphatic rings. The first kappa shape index (κ1) is 22.3. The molecule has 4 rings (SSSR count). The molecule has 2 aromatic carbocycles. The molecule has 0 bridgehead atoms. The summed E-state index contributed by atoms with van der Waals surface area (Å²) in [5.74, 6) is -0.200. The molecule has 1 amide bonds. The Bertz CT molecular complexity index is 1280. The van der Waals surface area contributed by atoms with Crippen LogP contribution in [0.3, 0.4) is 0 Å². The summed E-state index contributed by atoms with van der Waals surface area (Å²) in [5, 5.41) is 11.7. The van der Waals surface area contributed by atoms with Crippen LogP contribution in [-0.2, 0) is 13.3 Å². The highest BCUT2D eigenvalue weighted by Gasteiger charge is 2.15. The third-order valence-corrected chi connectivity index (χ3v) is 5.42.